The fraction of sp³-hybridized carbons (Fsp3) is 0. The van der Waals surface area contributed by atoms with Crippen LogP contribution >= 0.6 is 22.9 Å². The highest BCUT2D eigenvalue weighted by Gasteiger charge is 2.13. The Morgan fingerprint density at radius 1 is 1.24 bits per heavy atom. The van der Waals surface area contributed by atoms with Gasteiger partial charge in [0.25, 0.3) is 5.89 Å². The topological polar surface area (TPSA) is 84.9 Å². The maximum absolute atomic E-state index is 11.1. The summed E-state index contributed by atoms with van der Waals surface area (Å²) in [7, 11) is 0. The van der Waals surface area contributed by atoms with Gasteiger partial charge in [-0.2, -0.15) is 4.98 Å². The Bertz CT molecular complexity index is 997. The zero-order valence-corrected chi connectivity index (χ0v) is 11.9. The van der Waals surface area contributed by atoms with Crippen LogP contribution in [-0.4, -0.2) is 15.1 Å². The molecule has 21 heavy (non-hydrogen) atoms. The molecule has 0 fully saturated rings. The second-order valence-corrected chi connectivity index (χ2v) is 5.97. The lowest BCUT2D eigenvalue weighted by Gasteiger charge is -1.92. The number of H-pyrrole nitrogens is 1. The summed E-state index contributed by atoms with van der Waals surface area (Å²) in [5.41, 5.74) is 1.76. The van der Waals surface area contributed by atoms with Crippen molar-refractivity contribution in [2.45, 2.75) is 0 Å². The van der Waals surface area contributed by atoms with E-state index >= 15 is 0 Å². The van der Waals surface area contributed by atoms with Gasteiger partial charge in [-0.25, -0.2) is 4.79 Å². The van der Waals surface area contributed by atoms with Gasteiger partial charge in [-0.05, 0) is 30.3 Å². The molecule has 0 radical (unpaired) electrons. The summed E-state index contributed by atoms with van der Waals surface area (Å²) in [5.74, 6) is 0.336. The first-order valence-corrected chi connectivity index (χ1v) is 7.11. The van der Waals surface area contributed by atoms with E-state index in [-0.39, 0.29) is 0 Å². The first-order chi connectivity index (χ1) is 10.2. The number of halogens is 1. The van der Waals surface area contributed by atoms with Crippen LogP contribution in [0.3, 0.4) is 0 Å². The molecule has 3 heterocycles. The van der Waals surface area contributed by atoms with E-state index in [1.807, 2.05) is 6.07 Å². The molecule has 8 heteroatoms. The number of nitrogens with zero attached hydrogens (tertiary/aromatic N) is 2. The molecule has 0 atom stereocenters. The van der Waals surface area contributed by atoms with E-state index in [1.54, 1.807) is 24.3 Å². The highest BCUT2D eigenvalue weighted by atomic mass is 35.5. The third-order valence-corrected chi connectivity index (χ3v) is 4.11. The molecule has 4 rings (SSSR count). The highest BCUT2D eigenvalue weighted by molar-refractivity contribution is 7.19. The van der Waals surface area contributed by atoms with Crippen LogP contribution in [0.5, 0.6) is 0 Å². The van der Waals surface area contributed by atoms with Crippen molar-refractivity contribution < 1.29 is 8.94 Å². The maximum Gasteiger partial charge on any atom is 0.417 e. The molecule has 3 aromatic heterocycles. The largest absolute Gasteiger partial charge is 0.417 e. The smallest absolute Gasteiger partial charge is 0.408 e. The Kier molecular flexibility index (Phi) is 2.69. The Morgan fingerprint density at radius 3 is 2.95 bits per heavy atom. The molecule has 0 saturated heterocycles. The Morgan fingerprint density at radius 2 is 2.14 bits per heavy atom. The quantitative estimate of drug-likeness (QED) is 0.610. The van der Waals surface area contributed by atoms with Crippen LogP contribution < -0.4 is 5.76 Å². The summed E-state index contributed by atoms with van der Waals surface area (Å²) in [6.07, 6.45) is 0. The maximum atomic E-state index is 11.1. The molecule has 0 aliphatic heterocycles. The van der Waals surface area contributed by atoms with E-state index in [0.717, 1.165) is 4.88 Å². The number of hydrogen-bond donors (Lipinski definition) is 1. The molecule has 1 aromatic carbocycles. The number of nitrogens with one attached hydrogen (secondary N) is 1. The third kappa shape index (κ3) is 2.16. The SMILES string of the molecule is O=c1[nH]c2cc(-c3nc(-c4ccc(Cl)s4)no3)ccc2o1. The molecule has 0 aliphatic rings. The second-order valence-electron chi connectivity index (χ2n) is 4.25. The predicted molar refractivity (Wildman–Crippen MR) is 78.4 cm³/mol. The van der Waals surface area contributed by atoms with E-state index in [0.29, 0.717) is 32.7 Å². The zero-order chi connectivity index (χ0) is 14.4. The number of fused-ring (bicyclic) bond motifs is 1. The second kappa shape index (κ2) is 4.57. The first-order valence-electron chi connectivity index (χ1n) is 5.92. The normalized spacial score (nSPS) is 11.3. The van der Waals surface area contributed by atoms with Gasteiger partial charge in [0.15, 0.2) is 5.58 Å². The van der Waals surface area contributed by atoms with Gasteiger partial charge in [-0.15, -0.1) is 11.3 Å². The van der Waals surface area contributed by atoms with Crippen molar-refractivity contribution in [3.63, 3.8) is 0 Å². The molecule has 104 valence electrons. The summed E-state index contributed by atoms with van der Waals surface area (Å²) in [4.78, 5) is 18.9. The van der Waals surface area contributed by atoms with E-state index in [9.17, 15) is 4.79 Å². The van der Waals surface area contributed by atoms with Crippen molar-refractivity contribution in [3.05, 3.63) is 45.2 Å². The molecule has 0 spiro atoms. The van der Waals surface area contributed by atoms with Crippen LogP contribution in [0, 0.1) is 0 Å². The minimum atomic E-state index is -0.499. The minimum Gasteiger partial charge on any atom is -0.408 e. The van der Waals surface area contributed by atoms with Crippen molar-refractivity contribution >= 4 is 34.0 Å². The monoisotopic (exact) mass is 319 g/mol. The number of oxazole rings is 1. The Labute approximate surface area is 126 Å². The number of rotatable bonds is 2. The Hall–Kier alpha value is -2.38. The van der Waals surface area contributed by atoms with Crippen LogP contribution in [0.1, 0.15) is 0 Å². The Balaban J connectivity index is 1.78. The molecule has 0 saturated carbocycles. The average Bonchev–Trinajstić information content (AvgIpc) is 3.15. The standard InChI is InChI=1S/C13H6ClN3O3S/c14-10-4-3-9(21-10)11-16-12(20-17-11)6-1-2-8-7(5-6)15-13(18)19-8/h1-5H,(H,15,18). The fourth-order valence-corrected chi connectivity index (χ4v) is 2.93. The van der Waals surface area contributed by atoms with Gasteiger partial charge in [0, 0.05) is 5.56 Å². The van der Waals surface area contributed by atoms with Crippen molar-refractivity contribution in [3.8, 4) is 22.2 Å². The van der Waals surface area contributed by atoms with Crippen LogP contribution in [0.4, 0.5) is 0 Å². The first kappa shape index (κ1) is 12.4. The van der Waals surface area contributed by atoms with Crippen molar-refractivity contribution in [1.29, 1.82) is 0 Å². The summed E-state index contributed by atoms with van der Waals surface area (Å²) < 4.78 is 10.9. The molecular weight excluding hydrogens is 314 g/mol. The third-order valence-electron chi connectivity index (χ3n) is 2.89. The number of thiophene rings is 1. The van der Waals surface area contributed by atoms with Gasteiger partial charge in [-0.3, -0.25) is 4.98 Å². The van der Waals surface area contributed by atoms with Gasteiger partial charge in [-0.1, -0.05) is 16.8 Å². The molecule has 0 unspecified atom stereocenters. The molecule has 4 aromatic rings. The molecule has 0 aliphatic carbocycles. The summed E-state index contributed by atoms with van der Waals surface area (Å²) in [6.45, 7) is 0. The molecule has 0 bridgehead atoms. The van der Waals surface area contributed by atoms with E-state index in [1.165, 1.54) is 11.3 Å². The van der Waals surface area contributed by atoms with E-state index in [4.69, 9.17) is 20.5 Å². The van der Waals surface area contributed by atoms with Crippen LogP contribution in [-0.2, 0) is 0 Å². The molecular formula is C13H6ClN3O3S. The molecule has 0 amide bonds. The number of hydrogen-bond acceptors (Lipinski definition) is 6. The van der Waals surface area contributed by atoms with Gasteiger partial charge in [0.2, 0.25) is 5.82 Å². The van der Waals surface area contributed by atoms with Crippen LogP contribution in [0.2, 0.25) is 4.34 Å². The minimum absolute atomic E-state index is 0.360. The summed E-state index contributed by atoms with van der Waals surface area (Å²) in [5, 5.41) is 3.93. The van der Waals surface area contributed by atoms with Gasteiger partial charge >= 0.3 is 5.76 Å². The van der Waals surface area contributed by atoms with Crippen LogP contribution in [0.15, 0.2) is 44.1 Å². The lowest BCUT2D eigenvalue weighted by atomic mass is 10.2. The predicted octanol–water partition coefficient (Wildman–Crippen LogP) is 3.55. The molecule has 6 nitrogen and oxygen atoms in total. The van der Waals surface area contributed by atoms with Crippen molar-refractivity contribution in [2.75, 3.05) is 0 Å². The van der Waals surface area contributed by atoms with Crippen LogP contribution in [0.25, 0.3) is 33.3 Å². The average molecular weight is 320 g/mol. The zero-order valence-electron chi connectivity index (χ0n) is 10.3. The van der Waals surface area contributed by atoms with E-state index < -0.39 is 5.76 Å². The van der Waals surface area contributed by atoms with Crippen molar-refractivity contribution in [2.24, 2.45) is 0 Å². The lowest BCUT2D eigenvalue weighted by Crippen LogP contribution is -1.92. The summed E-state index contributed by atoms with van der Waals surface area (Å²) >= 11 is 7.26. The number of benzene rings is 1. The molecule has 1 N–H and O–H groups in total. The van der Waals surface area contributed by atoms with Gasteiger partial charge in [0.1, 0.15) is 0 Å². The van der Waals surface area contributed by atoms with Gasteiger partial charge in [0.05, 0.1) is 14.7 Å². The lowest BCUT2D eigenvalue weighted by molar-refractivity contribution is 0.432. The number of aromatic amines is 1. The number of aromatic nitrogens is 3. The van der Waals surface area contributed by atoms with Crippen molar-refractivity contribution in [1.82, 2.24) is 15.1 Å². The summed E-state index contributed by atoms with van der Waals surface area (Å²) in [6, 6.07) is 8.75. The highest BCUT2D eigenvalue weighted by Crippen LogP contribution is 2.30. The fourth-order valence-electron chi connectivity index (χ4n) is 1.96. The van der Waals surface area contributed by atoms with E-state index in [2.05, 4.69) is 15.1 Å². The van der Waals surface area contributed by atoms with Gasteiger partial charge < -0.3 is 8.94 Å².